The number of amides is 1. The van der Waals surface area contributed by atoms with E-state index in [1.807, 2.05) is 67.9 Å². The molecule has 1 N–H and O–H groups in total. The van der Waals surface area contributed by atoms with E-state index >= 15 is 0 Å². The lowest BCUT2D eigenvalue weighted by atomic mass is 10.1. The van der Waals surface area contributed by atoms with Gasteiger partial charge in [-0.05, 0) is 51.5 Å². The molecule has 0 bridgehead atoms. The van der Waals surface area contributed by atoms with E-state index in [0.29, 0.717) is 6.54 Å². The van der Waals surface area contributed by atoms with Crippen LogP contribution in [-0.4, -0.2) is 25.1 Å². The van der Waals surface area contributed by atoms with Crippen LogP contribution in [0, 0.1) is 27.7 Å². The van der Waals surface area contributed by atoms with E-state index in [0.717, 1.165) is 55.8 Å². The van der Waals surface area contributed by atoms with Crippen molar-refractivity contribution in [1.29, 1.82) is 0 Å². The Kier molecular flexibility index (Phi) is 5.80. The maximum atomic E-state index is 13.3. The highest BCUT2D eigenvalue weighted by Gasteiger charge is 2.18. The average molecular weight is 500 g/mol. The molecule has 6 rings (SSSR count). The van der Waals surface area contributed by atoms with E-state index in [-0.39, 0.29) is 5.91 Å². The molecule has 0 aliphatic heterocycles. The molecule has 6 aromatic rings. The van der Waals surface area contributed by atoms with Crippen molar-refractivity contribution in [3.8, 4) is 0 Å². The second-order valence-corrected chi connectivity index (χ2v) is 9.80. The van der Waals surface area contributed by atoms with Gasteiger partial charge in [-0.15, -0.1) is 0 Å². The molecule has 3 aromatic heterocycles. The SMILES string of the molecule is Cc1ccc(Cn2nc(C)c(/C=C/C(=O)Nc3c4ccccc4n4c(C)nc5ccccc5c34)c2C)cc1. The van der Waals surface area contributed by atoms with Gasteiger partial charge >= 0.3 is 0 Å². The van der Waals surface area contributed by atoms with E-state index in [1.165, 1.54) is 11.1 Å². The Bertz CT molecular complexity index is 1870. The molecule has 188 valence electrons. The van der Waals surface area contributed by atoms with Crippen molar-refractivity contribution in [3.63, 3.8) is 0 Å². The van der Waals surface area contributed by atoms with Crippen molar-refractivity contribution in [1.82, 2.24) is 19.2 Å². The summed E-state index contributed by atoms with van der Waals surface area (Å²) in [5.74, 6) is 0.685. The molecule has 0 unspecified atom stereocenters. The number of aromatic nitrogens is 4. The zero-order valence-corrected chi connectivity index (χ0v) is 22.0. The number of rotatable bonds is 5. The minimum Gasteiger partial charge on any atom is -0.320 e. The lowest BCUT2D eigenvalue weighted by Crippen LogP contribution is -2.08. The van der Waals surface area contributed by atoms with Gasteiger partial charge in [0.15, 0.2) is 0 Å². The highest BCUT2D eigenvalue weighted by atomic mass is 16.1. The predicted octanol–water partition coefficient (Wildman–Crippen LogP) is 6.77. The van der Waals surface area contributed by atoms with E-state index in [9.17, 15) is 4.79 Å². The molecule has 1 amide bonds. The summed E-state index contributed by atoms with van der Waals surface area (Å²) in [6, 6.07) is 24.6. The van der Waals surface area contributed by atoms with Gasteiger partial charge in [-0.2, -0.15) is 5.10 Å². The molecule has 0 spiro atoms. The topological polar surface area (TPSA) is 64.2 Å². The molecule has 0 fully saturated rings. The molecule has 6 heteroatoms. The number of carbonyl (C=O) groups excluding carboxylic acids is 1. The number of hydrogen-bond acceptors (Lipinski definition) is 3. The Morgan fingerprint density at radius 3 is 2.39 bits per heavy atom. The highest BCUT2D eigenvalue weighted by molar-refractivity contribution is 6.18. The van der Waals surface area contributed by atoms with Gasteiger partial charge in [0.25, 0.3) is 0 Å². The van der Waals surface area contributed by atoms with Crippen molar-refractivity contribution in [2.24, 2.45) is 0 Å². The standard InChI is InChI=1S/C32H29N5O/c1-20-13-15-24(16-14-20)19-36-22(3)25(21(2)35-36)17-18-30(38)34-31-27-10-6-8-12-29(27)37-23(4)33-28-11-7-5-9-26(28)32(31)37/h5-18H,19H2,1-4H3,(H,34,38)/b18-17+. The number of nitrogens with zero attached hydrogens (tertiary/aromatic N) is 4. The Morgan fingerprint density at radius 1 is 0.895 bits per heavy atom. The second-order valence-electron chi connectivity index (χ2n) is 9.80. The molecule has 3 heterocycles. The third kappa shape index (κ3) is 4.04. The summed E-state index contributed by atoms with van der Waals surface area (Å²) in [6.07, 6.45) is 3.46. The lowest BCUT2D eigenvalue weighted by Gasteiger charge is -2.08. The van der Waals surface area contributed by atoms with Crippen molar-refractivity contribution in [2.75, 3.05) is 5.32 Å². The molecule has 0 aliphatic rings. The van der Waals surface area contributed by atoms with E-state index in [1.54, 1.807) is 6.08 Å². The number of para-hydroxylation sites is 2. The number of nitrogens with one attached hydrogen (secondary N) is 1. The molecular formula is C32H29N5O. The summed E-state index contributed by atoms with van der Waals surface area (Å²) in [7, 11) is 0. The summed E-state index contributed by atoms with van der Waals surface area (Å²) in [6.45, 7) is 8.80. The van der Waals surface area contributed by atoms with Crippen LogP contribution in [0.25, 0.3) is 33.4 Å². The Balaban J connectivity index is 1.35. The van der Waals surface area contributed by atoms with Crippen LogP contribution in [0.5, 0.6) is 0 Å². The summed E-state index contributed by atoms with van der Waals surface area (Å²) >= 11 is 0. The first kappa shape index (κ1) is 23.7. The summed E-state index contributed by atoms with van der Waals surface area (Å²) < 4.78 is 4.12. The minimum atomic E-state index is -0.188. The summed E-state index contributed by atoms with van der Waals surface area (Å²) in [4.78, 5) is 18.1. The maximum Gasteiger partial charge on any atom is 0.248 e. The van der Waals surface area contributed by atoms with Crippen LogP contribution in [0.15, 0.2) is 78.9 Å². The van der Waals surface area contributed by atoms with Crippen molar-refractivity contribution >= 4 is 45.0 Å². The molecule has 0 atom stereocenters. The van der Waals surface area contributed by atoms with Gasteiger partial charge in [-0.1, -0.05) is 66.2 Å². The first-order chi connectivity index (χ1) is 18.4. The first-order valence-corrected chi connectivity index (χ1v) is 12.8. The van der Waals surface area contributed by atoms with E-state index < -0.39 is 0 Å². The smallest absolute Gasteiger partial charge is 0.248 e. The highest BCUT2D eigenvalue weighted by Crippen LogP contribution is 2.36. The predicted molar refractivity (Wildman–Crippen MR) is 155 cm³/mol. The van der Waals surface area contributed by atoms with E-state index in [4.69, 9.17) is 10.1 Å². The molecule has 6 nitrogen and oxygen atoms in total. The molecular weight excluding hydrogens is 470 g/mol. The monoisotopic (exact) mass is 499 g/mol. The van der Waals surface area contributed by atoms with Crippen molar-refractivity contribution < 1.29 is 4.79 Å². The first-order valence-electron chi connectivity index (χ1n) is 12.8. The molecule has 0 aliphatic carbocycles. The van der Waals surface area contributed by atoms with Crippen LogP contribution in [0.2, 0.25) is 0 Å². The molecule has 0 saturated carbocycles. The zero-order valence-electron chi connectivity index (χ0n) is 22.0. The number of carbonyl (C=O) groups is 1. The summed E-state index contributed by atoms with van der Waals surface area (Å²) in [5, 5.41) is 9.90. The average Bonchev–Trinajstić information content (AvgIpc) is 3.38. The van der Waals surface area contributed by atoms with E-state index in [2.05, 4.69) is 53.0 Å². The number of anilines is 1. The van der Waals surface area contributed by atoms with Crippen LogP contribution >= 0.6 is 0 Å². The lowest BCUT2D eigenvalue weighted by molar-refractivity contribution is -0.111. The normalized spacial score (nSPS) is 11.8. The fourth-order valence-electron chi connectivity index (χ4n) is 5.25. The number of fused-ring (bicyclic) bond motifs is 5. The van der Waals surface area contributed by atoms with Gasteiger partial charge in [0.05, 0.1) is 34.5 Å². The zero-order chi connectivity index (χ0) is 26.4. The van der Waals surface area contributed by atoms with Gasteiger partial charge < -0.3 is 5.32 Å². The van der Waals surface area contributed by atoms with Crippen LogP contribution < -0.4 is 5.32 Å². The maximum absolute atomic E-state index is 13.3. The van der Waals surface area contributed by atoms with Crippen LogP contribution in [-0.2, 0) is 11.3 Å². The van der Waals surface area contributed by atoms with Crippen LogP contribution in [0.4, 0.5) is 5.69 Å². The van der Waals surface area contributed by atoms with Gasteiger partial charge in [-0.25, -0.2) is 4.98 Å². The van der Waals surface area contributed by atoms with Crippen molar-refractivity contribution in [2.45, 2.75) is 34.2 Å². The van der Waals surface area contributed by atoms with Gasteiger partial charge in [0.1, 0.15) is 5.82 Å². The minimum absolute atomic E-state index is 0.188. The number of aryl methyl sites for hydroxylation is 3. The Hall–Kier alpha value is -4.71. The molecule has 38 heavy (non-hydrogen) atoms. The second kappa shape index (κ2) is 9.30. The largest absolute Gasteiger partial charge is 0.320 e. The third-order valence-electron chi connectivity index (χ3n) is 7.18. The Morgan fingerprint density at radius 2 is 1.61 bits per heavy atom. The molecule has 0 saturated heterocycles. The third-order valence-corrected chi connectivity index (χ3v) is 7.18. The fourth-order valence-corrected chi connectivity index (χ4v) is 5.25. The van der Waals surface area contributed by atoms with Crippen LogP contribution in [0.1, 0.15) is 33.9 Å². The Labute approximate surface area is 221 Å². The van der Waals surface area contributed by atoms with Gasteiger partial charge in [0, 0.05) is 28.1 Å². The number of benzene rings is 3. The number of hydrogen-bond donors (Lipinski definition) is 1. The summed E-state index contributed by atoms with van der Waals surface area (Å²) in [5.41, 5.74) is 8.98. The fraction of sp³-hybridized carbons (Fsp3) is 0.156. The van der Waals surface area contributed by atoms with Gasteiger partial charge in [-0.3, -0.25) is 13.9 Å². The van der Waals surface area contributed by atoms with Crippen molar-refractivity contribution in [3.05, 3.63) is 113 Å². The van der Waals surface area contributed by atoms with Crippen LogP contribution in [0.3, 0.4) is 0 Å². The quantitative estimate of drug-likeness (QED) is 0.266. The molecule has 0 radical (unpaired) electrons. The molecule has 3 aromatic carbocycles. The van der Waals surface area contributed by atoms with Gasteiger partial charge in [0.2, 0.25) is 5.91 Å².